The van der Waals surface area contributed by atoms with Crippen molar-refractivity contribution < 1.29 is 18.7 Å². The van der Waals surface area contributed by atoms with E-state index in [0.29, 0.717) is 17.8 Å². The van der Waals surface area contributed by atoms with E-state index in [0.717, 1.165) is 50.0 Å². The number of anilines is 1. The van der Waals surface area contributed by atoms with Gasteiger partial charge in [-0.3, -0.25) is 9.59 Å². The summed E-state index contributed by atoms with van der Waals surface area (Å²) in [7, 11) is 3.38. The third-order valence-corrected chi connectivity index (χ3v) is 9.83. The van der Waals surface area contributed by atoms with Gasteiger partial charge in [0, 0.05) is 30.1 Å². The predicted octanol–water partition coefficient (Wildman–Crippen LogP) is 5.19. The molecular formula is C27H35FN2O3. The average Bonchev–Trinajstić information content (AvgIpc) is 3.15. The minimum Gasteiger partial charge on any atom is -0.497 e. The molecule has 6 heteroatoms. The van der Waals surface area contributed by atoms with Crippen LogP contribution in [0.15, 0.2) is 36.2 Å². The van der Waals surface area contributed by atoms with Crippen molar-refractivity contribution in [3.8, 4) is 5.75 Å². The number of rotatable bonds is 3. The molecule has 33 heavy (non-hydrogen) atoms. The lowest BCUT2D eigenvalue weighted by Crippen LogP contribution is -2.60. The maximum absolute atomic E-state index is 14.6. The summed E-state index contributed by atoms with van der Waals surface area (Å²) in [5.74, 6) is 1.05. The van der Waals surface area contributed by atoms with Gasteiger partial charge in [0.2, 0.25) is 5.91 Å². The quantitative estimate of drug-likeness (QED) is 0.684. The van der Waals surface area contributed by atoms with Crippen LogP contribution >= 0.6 is 0 Å². The van der Waals surface area contributed by atoms with Gasteiger partial charge in [0.15, 0.2) is 5.83 Å². The van der Waals surface area contributed by atoms with E-state index >= 15 is 0 Å². The van der Waals surface area contributed by atoms with Gasteiger partial charge >= 0.3 is 0 Å². The maximum atomic E-state index is 14.6. The molecule has 1 heterocycles. The van der Waals surface area contributed by atoms with E-state index in [4.69, 9.17) is 4.74 Å². The minimum atomic E-state index is -0.603. The van der Waals surface area contributed by atoms with E-state index in [1.165, 1.54) is 0 Å². The highest BCUT2D eigenvalue weighted by atomic mass is 19.1. The van der Waals surface area contributed by atoms with Crippen LogP contribution in [0.1, 0.15) is 52.4 Å². The molecule has 178 valence electrons. The highest BCUT2D eigenvalue weighted by Crippen LogP contribution is 2.65. The molecule has 3 aliphatic carbocycles. The first kappa shape index (κ1) is 22.4. The van der Waals surface area contributed by atoms with E-state index in [2.05, 4.69) is 19.2 Å². The van der Waals surface area contributed by atoms with Gasteiger partial charge in [0.25, 0.3) is 5.91 Å². The molecule has 1 aliphatic heterocycles. The number of carbonyl (C=O) groups is 2. The van der Waals surface area contributed by atoms with Gasteiger partial charge < -0.3 is 15.0 Å². The number of hydrogen-bond acceptors (Lipinski definition) is 3. The number of fused-ring (bicyclic) bond motifs is 5. The molecule has 1 N–H and O–H groups in total. The molecule has 5 rings (SSSR count). The molecule has 1 aromatic rings. The van der Waals surface area contributed by atoms with Gasteiger partial charge in [-0.05, 0) is 92.0 Å². The summed E-state index contributed by atoms with van der Waals surface area (Å²) < 4.78 is 19.8. The number of hydrogen-bond donors (Lipinski definition) is 1. The van der Waals surface area contributed by atoms with Crippen LogP contribution in [-0.2, 0) is 9.59 Å². The molecule has 2 unspecified atom stereocenters. The number of carbonyl (C=O) groups excluding carboxylic acids is 2. The van der Waals surface area contributed by atoms with Crippen molar-refractivity contribution in [2.75, 3.05) is 19.5 Å². The molecule has 1 aromatic carbocycles. The van der Waals surface area contributed by atoms with Crippen molar-refractivity contribution in [2.45, 2.75) is 58.4 Å². The fourth-order valence-corrected chi connectivity index (χ4v) is 8.16. The van der Waals surface area contributed by atoms with Crippen molar-refractivity contribution in [3.63, 3.8) is 0 Å². The lowest BCUT2D eigenvalue weighted by Gasteiger charge is -2.60. The number of methoxy groups -OCH3 is 1. The van der Waals surface area contributed by atoms with Gasteiger partial charge in [-0.2, -0.15) is 0 Å². The highest BCUT2D eigenvalue weighted by molar-refractivity contribution is 5.93. The summed E-state index contributed by atoms with van der Waals surface area (Å²) in [5.41, 5.74) is 0.421. The lowest BCUT2D eigenvalue weighted by molar-refractivity contribution is -0.144. The number of likely N-dealkylation sites (N-methyl/N-ethyl adjacent to an activating group) is 1. The molecule has 0 aromatic heterocycles. The normalized spacial score (nSPS) is 39.8. The van der Waals surface area contributed by atoms with Crippen LogP contribution in [-0.4, -0.2) is 36.9 Å². The molecule has 0 spiro atoms. The monoisotopic (exact) mass is 454 g/mol. The minimum absolute atomic E-state index is 0.0148. The third kappa shape index (κ3) is 3.31. The molecule has 0 radical (unpaired) electrons. The van der Waals surface area contributed by atoms with Crippen LogP contribution in [0.2, 0.25) is 0 Å². The summed E-state index contributed by atoms with van der Waals surface area (Å²) in [6, 6.07) is 7.54. The first-order valence-corrected chi connectivity index (χ1v) is 12.3. The van der Waals surface area contributed by atoms with Crippen molar-refractivity contribution in [2.24, 2.45) is 34.5 Å². The zero-order chi connectivity index (χ0) is 23.5. The van der Waals surface area contributed by atoms with Gasteiger partial charge in [-0.1, -0.05) is 13.8 Å². The van der Waals surface area contributed by atoms with Gasteiger partial charge in [0.05, 0.1) is 7.11 Å². The van der Waals surface area contributed by atoms with Crippen LogP contribution in [0.4, 0.5) is 10.1 Å². The number of nitrogens with one attached hydrogen (secondary N) is 1. The Morgan fingerprint density at radius 2 is 1.82 bits per heavy atom. The Hall–Kier alpha value is -2.37. The molecule has 0 saturated heterocycles. The molecular weight excluding hydrogens is 419 g/mol. The first-order chi connectivity index (χ1) is 15.7. The fraction of sp³-hybridized carbons (Fsp3) is 0.630. The van der Waals surface area contributed by atoms with Crippen molar-refractivity contribution in [1.29, 1.82) is 0 Å². The Morgan fingerprint density at radius 3 is 2.52 bits per heavy atom. The van der Waals surface area contributed by atoms with Crippen LogP contribution in [0.3, 0.4) is 0 Å². The Morgan fingerprint density at radius 1 is 1.09 bits per heavy atom. The van der Waals surface area contributed by atoms with Gasteiger partial charge in [-0.25, -0.2) is 4.39 Å². The predicted molar refractivity (Wildman–Crippen MR) is 125 cm³/mol. The molecule has 2 amide bonds. The zero-order valence-corrected chi connectivity index (χ0v) is 20.1. The summed E-state index contributed by atoms with van der Waals surface area (Å²) in [4.78, 5) is 27.2. The molecule has 3 saturated carbocycles. The Balaban J connectivity index is 1.36. The SMILES string of the molecule is COc1ccc(NC(=O)[C@H]2CC[C@H]3C4CC[C@H]5N(C)C(=O)C(F)=C[C@]5(C)C4CC[C@]23C)cc1. The molecule has 7 atom stereocenters. The summed E-state index contributed by atoms with van der Waals surface area (Å²) >= 11 is 0. The van der Waals surface area contributed by atoms with Gasteiger partial charge in [-0.15, -0.1) is 0 Å². The topological polar surface area (TPSA) is 58.6 Å². The number of amides is 2. The van der Waals surface area contributed by atoms with Crippen molar-refractivity contribution >= 4 is 17.5 Å². The Kier molecular flexibility index (Phi) is 5.33. The number of halogens is 1. The summed E-state index contributed by atoms with van der Waals surface area (Å²) in [6.07, 6.45) is 7.47. The lowest BCUT2D eigenvalue weighted by atomic mass is 9.47. The van der Waals surface area contributed by atoms with Crippen LogP contribution in [0, 0.1) is 34.5 Å². The molecule has 5 nitrogen and oxygen atoms in total. The van der Waals surface area contributed by atoms with E-state index < -0.39 is 11.7 Å². The van der Waals surface area contributed by atoms with Crippen LogP contribution in [0.25, 0.3) is 0 Å². The molecule has 4 aliphatic rings. The first-order valence-electron chi connectivity index (χ1n) is 12.3. The van der Waals surface area contributed by atoms with Crippen molar-refractivity contribution in [1.82, 2.24) is 4.90 Å². The highest BCUT2D eigenvalue weighted by Gasteiger charge is 2.62. The van der Waals surface area contributed by atoms with Crippen LogP contribution in [0.5, 0.6) is 5.75 Å². The zero-order valence-electron chi connectivity index (χ0n) is 20.1. The number of nitrogens with zero attached hydrogens (tertiary/aromatic N) is 1. The van der Waals surface area contributed by atoms with E-state index in [9.17, 15) is 14.0 Å². The second-order valence-electron chi connectivity index (χ2n) is 11.1. The Bertz CT molecular complexity index is 992. The van der Waals surface area contributed by atoms with Crippen LogP contribution < -0.4 is 10.1 Å². The van der Waals surface area contributed by atoms with E-state index in [1.807, 2.05) is 24.3 Å². The maximum Gasteiger partial charge on any atom is 0.282 e. The van der Waals surface area contributed by atoms with E-state index in [1.54, 1.807) is 25.1 Å². The fourth-order valence-electron chi connectivity index (χ4n) is 8.16. The second kappa shape index (κ2) is 7.85. The summed E-state index contributed by atoms with van der Waals surface area (Å²) in [6.45, 7) is 4.46. The van der Waals surface area contributed by atoms with Crippen molar-refractivity contribution in [3.05, 3.63) is 36.2 Å². The number of ether oxygens (including phenoxy) is 1. The van der Waals surface area contributed by atoms with E-state index in [-0.39, 0.29) is 28.7 Å². The average molecular weight is 455 g/mol. The summed E-state index contributed by atoms with van der Waals surface area (Å²) in [5, 5.41) is 3.14. The molecule has 0 bridgehead atoms. The standard InChI is InChI=1S/C27H35FN2O3/c1-26-14-13-20-18(9-12-23-27(20,2)15-22(28)25(32)30(23)3)19(26)10-11-21(26)24(31)29-16-5-7-17(33-4)8-6-16/h5-8,15,18-21,23H,9-14H2,1-4H3,(H,29,31)/t18?,19-,20?,21+,23+,26-,27+/m0/s1. The van der Waals surface area contributed by atoms with Gasteiger partial charge in [0.1, 0.15) is 5.75 Å². The second-order valence-corrected chi connectivity index (χ2v) is 11.1. The largest absolute Gasteiger partial charge is 0.497 e. The molecule has 3 fully saturated rings. The Labute approximate surface area is 195 Å². The number of benzene rings is 1. The third-order valence-electron chi connectivity index (χ3n) is 9.83. The smallest absolute Gasteiger partial charge is 0.282 e.